The van der Waals surface area contributed by atoms with Crippen LogP contribution in [0.2, 0.25) is 0 Å². The van der Waals surface area contributed by atoms with Gasteiger partial charge in [-0.25, -0.2) is 0 Å². The molecule has 3 atom stereocenters. The lowest BCUT2D eigenvalue weighted by molar-refractivity contribution is -0.127. The van der Waals surface area contributed by atoms with Crippen LogP contribution in [0.3, 0.4) is 0 Å². The number of nitrogens with zero attached hydrogens (tertiary/aromatic N) is 1. The van der Waals surface area contributed by atoms with Gasteiger partial charge in [-0.05, 0) is 19.8 Å². The van der Waals surface area contributed by atoms with E-state index in [0.717, 1.165) is 43.9 Å². The molecule has 19 heavy (non-hydrogen) atoms. The third kappa shape index (κ3) is 3.44. The zero-order valence-corrected chi connectivity index (χ0v) is 12.8. The quantitative estimate of drug-likeness (QED) is 0.812. The molecular weight excluding hydrogens is 260 g/mol. The lowest BCUT2D eigenvalue weighted by atomic mass is 9.85. The smallest absolute Gasteiger partial charge is 0.237 e. The topological polar surface area (TPSA) is 52.6 Å². The molecule has 1 heterocycles. The number of carbonyl (C=O) groups excluding carboxylic acids is 1. The van der Waals surface area contributed by atoms with Crippen LogP contribution >= 0.6 is 11.8 Å². The Hall–Kier alpha value is -0.260. The Balaban J connectivity index is 1.89. The first-order valence-electron chi connectivity index (χ1n) is 7.30. The maximum atomic E-state index is 12.4. The molecule has 2 N–H and O–H groups in total. The summed E-state index contributed by atoms with van der Waals surface area (Å²) in [4.78, 5) is 14.6. The van der Waals surface area contributed by atoms with Crippen LogP contribution in [0.5, 0.6) is 0 Å². The highest BCUT2D eigenvalue weighted by atomic mass is 32.2. The number of rotatable bonds is 4. The van der Waals surface area contributed by atoms with Crippen molar-refractivity contribution in [2.24, 2.45) is 5.41 Å². The Morgan fingerprint density at radius 2 is 2.21 bits per heavy atom. The van der Waals surface area contributed by atoms with Crippen LogP contribution in [0.25, 0.3) is 0 Å². The summed E-state index contributed by atoms with van der Waals surface area (Å²) in [6.07, 6.45) is 3.09. The molecule has 2 aliphatic rings. The molecule has 5 heteroatoms. The van der Waals surface area contributed by atoms with E-state index in [-0.39, 0.29) is 30.0 Å². The van der Waals surface area contributed by atoms with Gasteiger partial charge in [-0.15, -0.1) is 0 Å². The molecule has 1 saturated heterocycles. The molecule has 0 aromatic rings. The Bertz CT molecular complexity index is 321. The molecule has 0 aromatic carbocycles. The van der Waals surface area contributed by atoms with E-state index in [9.17, 15) is 9.90 Å². The highest BCUT2D eigenvalue weighted by Crippen LogP contribution is 2.37. The molecule has 1 saturated carbocycles. The molecular formula is C14H26N2O2S. The molecule has 0 spiro atoms. The standard InChI is InChI=1S/C14H26N2O2S/c1-11(16-6-8-19-9-7-16)13(18)15-12-4-3-5-14(12,2)10-17/h11-12,17H,3-10H2,1-2H3,(H,15,18). The average Bonchev–Trinajstić information content (AvgIpc) is 2.81. The van der Waals surface area contributed by atoms with Crippen LogP contribution < -0.4 is 5.32 Å². The molecule has 0 aromatic heterocycles. The van der Waals surface area contributed by atoms with Gasteiger partial charge in [-0.3, -0.25) is 9.69 Å². The second kappa shape index (κ2) is 6.46. The highest BCUT2D eigenvalue weighted by Gasteiger charge is 2.40. The van der Waals surface area contributed by atoms with E-state index in [2.05, 4.69) is 17.1 Å². The van der Waals surface area contributed by atoms with Crippen molar-refractivity contribution in [2.45, 2.75) is 45.2 Å². The highest BCUT2D eigenvalue weighted by molar-refractivity contribution is 7.99. The van der Waals surface area contributed by atoms with Crippen LogP contribution in [0, 0.1) is 5.41 Å². The number of aliphatic hydroxyl groups is 1. The van der Waals surface area contributed by atoms with E-state index in [1.807, 2.05) is 18.7 Å². The van der Waals surface area contributed by atoms with Gasteiger partial charge in [0.05, 0.1) is 12.6 Å². The predicted molar refractivity (Wildman–Crippen MR) is 79.3 cm³/mol. The fourth-order valence-electron chi connectivity index (χ4n) is 3.09. The number of aliphatic hydroxyl groups excluding tert-OH is 1. The minimum atomic E-state index is -0.132. The van der Waals surface area contributed by atoms with Gasteiger partial charge in [-0.1, -0.05) is 13.3 Å². The molecule has 4 nitrogen and oxygen atoms in total. The van der Waals surface area contributed by atoms with Gasteiger partial charge >= 0.3 is 0 Å². The van der Waals surface area contributed by atoms with Gasteiger partial charge in [0.25, 0.3) is 0 Å². The Morgan fingerprint density at radius 1 is 1.53 bits per heavy atom. The van der Waals surface area contributed by atoms with Crippen molar-refractivity contribution in [3.63, 3.8) is 0 Å². The van der Waals surface area contributed by atoms with Gasteiger partial charge in [-0.2, -0.15) is 11.8 Å². The largest absolute Gasteiger partial charge is 0.396 e. The summed E-state index contributed by atoms with van der Waals surface area (Å²) < 4.78 is 0. The van der Waals surface area contributed by atoms with Gasteiger partial charge < -0.3 is 10.4 Å². The molecule has 1 amide bonds. The fraction of sp³-hybridized carbons (Fsp3) is 0.929. The van der Waals surface area contributed by atoms with Gasteiger partial charge in [0.1, 0.15) is 0 Å². The summed E-state index contributed by atoms with van der Waals surface area (Å²) >= 11 is 1.96. The maximum absolute atomic E-state index is 12.4. The van der Waals surface area contributed by atoms with Crippen LogP contribution in [0.1, 0.15) is 33.1 Å². The number of nitrogens with one attached hydrogen (secondary N) is 1. The van der Waals surface area contributed by atoms with Crippen molar-refractivity contribution in [2.75, 3.05) is 31.2 Å². The molecule has 110 valence electrons. The van der Waals surface area contributed by atoms with Crippen LogP contribution in [-0.4, -0.2) is 59.2 Å². The van der Waals surface area contributed by atoms with Crippen molar-refractivity contribution >= 4 is 17.7 Å². The van der Waals surface area contributed by atoms with E-state index in [4.69, 9.17) is 0 Å². The van der Waals surface area contributed by atoms with Gasteiger partial charge in [0.15, 0.2) is 0 Å². The first-order chi connectivity index (χ1) is 9.07. The van der Waals surface area contributed by atoms with Crippen molar-refractivity contribution in [3.05, 3.63) is 0 Å². The van der Waals surface area contributed by atoms with E-state index in [0.29, 0.717) is 0 Å². The lowest BCUT2D eigenvalue weighted by Gasteiger charge is -2.34. The summed E-state index contributed by atoms with van der Waals surface area (Å²) in [5, 5.41) is 12.7. The zero-order valence-electron chi connectivity index (χ0n) is 12.0. The van der Waals surface area contributed by atoms with Crippen LogP contribution in [-0.2, 0) is 4.79 Å². The van der Waals surface area contributed by atoms with E-state index in [1.54, 1.807) is 0 Å². The zero-order chi connectivity index (χ0) is 13.9. The molecule has 0 bridgehead atoms. The number of amides is 1. The third-order valence-electron chi connectivity index (χ3n) is 4.73. The average molecular weight is 286 g/mol. The number of thioether (sulfide) groups is 1. The van der Waals surface area contributed by atoms with E-state index in [1.165, 1.54) is 0 Å². The fourth-order valence-corrected chi connectivity index (χ4v) is 4.02. The number of carbonyl (C=O) groups is 1. The summed E-state index contributed by atoms with van der Waals surface area (Å²) in [6.45, 7) is 6.23. The van der Waals surface area contributed by atoms with Crippen LogP contribution in [0.4, 0.5) is 0 Å². The number of hydrogen-bond acceptors (Lipinski definition) is 4. The molecule has 3 unspecified atom stereocenters. The molecule has 1 aliphatic heterocycles. The van der Waals surface area contributed by atoms with E-state index < -0.39 is 0 Å². The van der Waals surface area contributed by atoms with Crippen molar-refractivity contribution in [1.29, 1.82) is 0 Å². The van der Waals surface area contributed by atoms with Crippen molar-refractivity contribution in [3.8, 4) is 0 Å². The third-order valence-corrected chi connectivity index (χ3v) is 5.67. The Morgan fingerprint density at radius 3 is 2.84 bits per heavy atom. The number of hydrogen-bond donors (Lipinski definition) is 2. The summed E-state index contributed by atoms with van der Waals surface area (Å²) in [5.74, 6) is 2.36. The van der Waals surface area contributed by atoms with Crippen molar-refractivity contribution < 1.29 is 9.90 Å². The minimum Gasteiger partial charge on any atom is -0.396 e. The second-order valence-corrected chi connectivity index (χ2v) is 7.31. The second-order valence-electron chi connectivity index (χ2n) is 6.09. The van der Waals surface area contributed by atoms with E-state index >= 15 is 0 Å². The normalized spacial score (nSPS) is 34.2. The Kier molecular flexibility index (Phi) is 5.15. The molecule has 0 radical (unpaired) electrons. The van der Waals surface area contributed by atoms with Gasteiger partial charge in [0, 0.05) is 36.1 Å². The summed E-state index contributed by atoms with van der Waals surface area (Å²) in [7, 11) is 0. The summed E-state index contributed by atoms with van der Waals surface area (Å²) in [6, 6.07) is 0.0797. The summed E-state index contributed by atoms with van der Waals surface area (Å²) in [5.41, 5.74) is -0.132. The molecule has 2 fully saturated rings. The first kappa shape index (κ1) is 15.1. The molecule has 1 aliphatic carbocycles. The van der Waals surface area contributed by atoms with Crippen LogP contribution in [0.15, 0.2) is 0 Å². The molecule has 2 rings (SSSR count). The Labute approximate surface area is 120 Å². The first-order valence-corrected chi connectivity index (χ1v) is 8.45. The SMILES string of the molecule is CC(C(=O)NC1CCCC1(C)CO)N1CCSCC1. The van der Waals surface area contributed by atoms with Crippen molar-refractivity contribution in [1.82, 2.24) is 10.2 Å². The predicted octanol–water partition coefficient (Wildman–Crippen LogP) is 1.09. The lowest BCUT2D eigenvalue weighted by Crippen LogP contribution is -2.53. The van der Waals surface area contributed by atoms with Gasteiger partial charge in [0.2, 0.25) is 5.91 Å². The maximum Gasteiger partial charge on any atom is 0.237 e. The monoisotopic (exact) mass is 286 g/mol. The minimum absolute atomic E-state index is 0.0514.